The molecule has 0 aliphatic rings. The molecule has 0 amide bonds. The zero-order chi connectivity index (χ0) is 60.5. The summed E-state index contributed by atoms with van der Waals surface area (Å²) in [6.07, 6.45) is 119. The number of hydrogen-bond donors (Lipinski definition) is 1. The van der Waals surface area contributed by atoms with Crippen molar-refractivity contribution in [2.45, 2.75) is 225 Å². The number of allylic oxidation sites excluding steroid dienone is 40. The van der Waals surface area contributed by atoms with Crippen LogP contribution in [0.3, 0.4) is 0 Å². The standard InChI is InChI=1S/C79H116O5/c1-3-5-7-9-11-13-15-17-19-21-23-25-27-29-31-33-34-35-36-37-38-39-40-41-42-43-44-46-48-50-52-54-56-58-60-62-64-66-68-70-72-74-79(82)84-77(75-80)76-83-78(81)73-71-69-67-65-63-61-59-57-55-53-51-49-47-45-32-30-28-26-24-22-20-18-16-14-12-10-8-6-4-2/h5-8,11-14,17-20,23-26,29-32,34-35,37-38,40-41,43-44,47-50,53-56,59-62,77,80H,3-4,9-10,15-16,21-22,27-28,33,36,39,42,45-46,51-52,57-58,63-76H2,1-2H3/b7-5-,8-6-,13-11-,14-12-,19-17-,20-18-,25-23-,26-24-,31-29-,32-30-,35-34-,38-37-,41-40-,44-43-,49-47-,50-48-,55-53-,56-54-,61-59-,62-60-. The summed E-state index contributed by atoms with van der Waals surface area (Å²) < 4.78 is 10.7. The fourth-order valence-electron chi connectivity index (χ4n) is 7.84. The molecule has 0 aliphatic heterocycles. The molecule has 1 N–H and O–H groups in total. The maximum Gasteiger partial charge on any atom is 0.306 e. The minimum Gasteiger partial charge on any atom is -0.462 e. The molecule has 1 unspecified atom stereocenters. The fraction of sp³-hybridized carbons (Fsp3) is 0.468. The van der Waals surface area contributed by atoms with Crippen LogP contribution < -0.4 is 0 Å². The first-order valence-corrected chi connectivity index (χ1v) is 32.6. The first-order valence-electron chi connectivity index (χ1n) is 32.6. The molecular weight excluding hydrogens is 1030 g/mol. The molecule has 1 atom stereocenters. The number of esters is 2. The Morgan fingerprint density at radius 1 is 0.274 bits per heavy atom. The normalized spacial score (nSPS) is 13.9. The highest BCUT2D eigenvalue weighted by molar-refractivity contribution is 5.70. The Kier molecular flexibility index (Phi) is 65.6. The summed E-state index contributed by atoms with van der Waals surface area (Å²) >= 11 is 0. The van der Waals surface area contributed by atoms with E-state index >= 15 is 0 Å². The lowest BCUT2D eigenvalue weighted by Gasteiger charge is -2.15. The van der Waals surface area contributed by atoms with E-state index in [0.717, 1.165) is 193 Å². The third-order valence-electron chi connectivity index (χ3n) is 12.6. The number of hydrogen-bond acceptors (Lipinski definition) is 5. The lowest BCUT2D eigenvalue weighted by molar-refractivity contribution is -0.161. The van der Waals surface area contributed by atoms with Gasteiger partial charge in [-0.1, -0.05) is 283 Å². The Morgan fingerprint density at radius 2 is 0.476 bits per heavy atom. The van der Waals surface area contributed by atoms with Gasteiger partial charge in [-0.3, -0.25) is 9.59 Å². The second-order valence-electron chi connectivity index (χ2n) is 20.4. The van der Waals surface area contributed by atoms with Gasteiger partial charge in [0.05, 0.1) is 6.61 Å². The minimum atomic E-state index is -0.819. The SMILES string of the molecule is CC/C=C\C/C=C\C/C=C\C/C=C\C/C=C\C/C=C\C/C=C\C/C=C\C/C=C\C/C=C\C/C=C\C/C=C\CCCCCCC(=O)OC(CO)COC(=O)CCCCCC/C=C\C/C=C\C/C=C\C/C=C\C/C=C\C/C=C\C/C=C\C/C=C\CC. The molecule has 0 aliphatic carbocycles. The summed E-state index contributed by atoms with van der Waals surface area (Å²) in [5.74, 6) is -0.671. The Balaban J connectivity index is 3.73. The van der Waals surface area contributed by atoms with Crippen LogP contribution in [0.25, 0.3) is 0 Å². The average molecular weight is 1150 g/mol. The van der Waals surface area contributed by atoms with E-state index in [2.05, 4.69) is 257 Å². The van der Waals surface area contributed by atoms with Gasteiger partial charge in [-0.05, 0) is 167 Å². The molecule has 0 rings (SSSR count). The highest BCUT2D eigenvalue weighted by Crippen LogP contribution is 2.11. The molecule has 0 heterocycles. The first kappa shape index (κ1) is 77.7. The Bertz CT molecular complexity index is 2130. The monoisotopic (exact) mass is 1140 g/mol. The van der Waals surface area contributed by atoms with Gasteiger partial charge in [-0.2, -0.15) is 0 Å². The summed E-state index contributed by atoms with van der Waals surface area (Å²) in [6, 6.07) is 0. The minimum absolute atomic E-state index is 0.108. The van der Waals surface area contributed by atoms with E-state index in [9.17, 15) is 14.7 Å². The smallest absolute Gasteiger partial charge is 0.306 e. The second-order valence-corrected chi connectivity index (χ2v) is 20.4. The van der Waals surface area contributed by atoms with Crippen molar-refractivity contribution in [3.8, 4) is 0 Å². The highest BCUT2D eigenvalue weighted by atomic mass is 16.6. The van der Waals surface area contributed by atoms with Gasteiger partial charge in [-0.15, -0.1) is 0 Å². The van der Waals surface area contributed by atoms with Crippen LogP contribution in [-0.4, -0.2) is 36.4 Å². The molecule has 0 saturated carbocycles. The van der Waals surface area contributed by atoms with Crippen LogP contribution >= 0.6 is 0 Å². The van der Waals surface area contributed by atoms with Gasteiger partial charge in [0.15, 0.2) is 6.10 Å². The van der Waals surface area contributed by atoms with E-state index in [1.807, 2.05) is 0 Å². The average Bonchev–Trinajstić information content (AvgIpc) is 3.51. The molecule has 5 heteroatoms. The Morgan fingerprint density at radius 3 is 0.702 bits per heavy atom. The van der Waals surface area contributed by atoms with E-state index in [0.29, 0.717) is 12.8 Å². The van der Waals surface area contributed by atoms with Crippen molar-refractivity contribution in [2.75, 3.05) is 13.2 Å². The van der Waals surface area contributed by atoms with Crippen LogP contribution in [0.2, 0.25) is 0 Å². The summed E-state index contributed by atoms with van der Waals surface area (Å²) in [5.41, 5.74) is 0. The molecule has 0 aromatic heterocycles. The third kappa shape index (κ3) is 68.2. The van der Waals surface area contributed by atoms with E-state index in [1.165, 1.54) is 0 Å². The van der Waals surface area contributed by atoms with Gasteiger partial charge in [0.1, 0.15) is 6.61 Å². The van der Waals surface area contributed by atoms with E-state index in [-0.39, 0.29) is 25.2 Å². The van der Waals surface area contributed by atoms with Crippen molar-refractivity contribution in [1.82, 2.24) is 0 Å². The van der Waals surface area contributed by atoms with Crippen LogP contribution in [0.1, 0.15) is 219 Å². The van der Waals surface area contributed by atoms with Crippen molar-refractivity contribution in [2.24, 2.45) is 0 Å². The van der Waals surface area contributed by atoms with Crippen molar-refractivity contribution >= 4 is 11.9 Å². The number of aliphatic hydroxyl groups excluding tert-OH is 1. The van der Waals surface area contributed by atoms with Crippen molar-refractivity contribution < 1.29 is 24.2 Å². The van der Waals surface area contributed by atoms with E-state index in [1.54, 1.807) is 0 Å². The lowest BCUT2D eigenvalue weighted by atomic mass is 10.1. The van der Waals surface area contributed by atoms with Gasteiger partial charge in [0.25, 0.3) is 0 Å². The van der Waals surface area contributed by atoms with Gasteiger partial charge < -0.3 is 14.6 Å². The molecule has 0 radical (unpaired) electrons. The summed E-state index contributed by atoms with van der Waals surface area (Å²) in [4.78, 5) is 24.6. The molecule has 0 saturated heterocycles. The molecule has 0 spiro atoms. The summed E-state index contributed by atoms with van der Waals surface area (Å²) in [5, 5.41) is 9.68. The number of carbonyl (C=O) groups is 2. The zero-order valence-electron chi connectivity index (χ0n) is 52.8. The Hall–Kier alpha value is -6.30. The molecule has 0 bridgehead atoms. The van der Waals surface area contributed by atoms with Crippen LogP contribution in [0.5, 0.6) is 0 Å². The topological polar surface area (TPSA) is 72.8 Å². The number of rotatable bonds is 56. The summed E-state index contributed by atoms with van der Waals surface area (Å²) in [7, 11) is 0. The molecule has 0 aromatic rings. The van der Waals surface area contributed by atoms with Crippen LogP contribution in [0.4, 0.5) is 0 Å². The van der Waals surface area contributed by atoms with Crippen LogP contribution in [0.15, 0.2) is 243 Å². The Labute approximate surface area is 515 Å². The quantitative estimate of drug-likeness (QED) is 0.0373. The largest absolute Gasteiger partial charge is 0.462 e. The predicted octanol–water partition coefficient (Wildman–Crippen LogP) is 23.1. The number of unbranched alkanes of at least 4 members (excludes halogenated alkanes) is 8. The van der Waals surface area contributed by atoms with Crippen LogP contribution in [-0.2, 0) is 19.1 Å². The number of aliphatic hydroxyl groups is 1. The number of carbonyl (C=O) groups excluding carboxylic acids is 2. The maximum absolute atomic E-state index is 12.3. The molecule has 0 aromatic carbocycles. The van der Waals surface area contributed by atoms with E-state index < -0.39 is 6.10 Å². The van der Waals surface area contributed by atoms with Crippen molar-refractivity contribution in [3.05, 3.63) is 243 Å². The summed E-state index contributed by atoms with van der Waals surface area (Å²) in [6.45, 7) is 3.85. The van der Waals surface area contributed by atoms with Gasteiger partial charge in [0, 0.05) is 12.8 Å². The van der Waals surface area contributed by atoms with Gasteiger partial charge >= 0.3 is 11.9 Å². The molecule has 84 heavy (non-hydrogen) atoms. The number of ether oxygens (including phenoxy) is 2. The van der Waals surface area contributed by atoms with Crippen molar-refractivity contribution in [1.29, 1.82) is 0 Å². The first-order chi connectivity index (χ1) is 41.6. The molecule has 0 fully saturated rings. The lowest BCUT2D eigenvalue weighted by Crippen LogP contribution is -2.28. The zero-order valence-corrected chi connectivity index (χ0v) is 52.8. The van der Waals surface area contributed by atoms with Gasteiger partial charge in [-0.25, -0.2) is 0 Å². The van der Waals surface area contributed by atoms with Crippen LogP contribution in [0, 0.1) is 0 Å². The van der Waals surface area contributed by atoms with Gasteiger partial charge in [0.2, 0.25) is 0 Å². The predicted molar refractivity (Wildman–Crippen MR) is 370 cm³/mol. The fourth-order valence-corrected chi connectivity index (χ4v) is 7.84. The highest BCUT2D eigenvalue weighted by Gasteiger charge is 2.16. The molecule has 5 nitrogen and oxygen atoms in total. The third-order valence-corrected chi connectivity index (χ3v) is 12.6. The molecular formula is C79H116O5. The van der Waals surface area contributed by atoms with Crippen molar-refractivity contribution in [3.63, 3.8) is 0 Å². The second kappa shape index (κ2) is 71.0. The van der Waals surface area contributed by atoms with E-state index in [4.69, 9.17) is 9.47 Å². The molecule has 462 valence electrons. The maximum atomic E-state index is 12.3.